The summed E-state index contributed by atoms with van der Waals surface area (Å²) in [4.78, 5) is 11.0. The van der Waals surface area contributed by atoms with Crippen LogP contribution in [-0.4, -0.2) is 37.6 Å². The van der Waals surface area contributed by atoms with E-state index in [4.69, 9.17) is 0 Å². The summed E-state index contributed by atoms with van der Waals surface area (Å²) in [5, 5.41) is 0. The fraction of sp³-hybridized carbons (Fsp3) is 0.500. The maximum Gasteiger partial charge on any atom is 0.434 e. The average Bonchev–Trinajstić information content (AvgIpc) is 2.22. The van der Waals surface area contributed by atoms with E-state index in [-0.39, 0.29) is 6.61 Å². The quantitative estimate of drug-likeness (QED) is 0.248. The number of hydrogen-bond donors (Lipinski definition) is 0. The highest BCUT2D eigenvalue weighted by Gasteiger charge is 2.59. The SMILES string of the molecule is C=CCOCC(=C)C(=O)OC(C(F)(F)F)C(F)(F)F. The maximum absolute atomic E-state index is 12.1. The van der Waals surface area contributed by atoms with Gasteiger partial charge in [-0.2, -0.15) is 26.3 Å². The number of carbonyl (C=O) groups excluding carboxylic acids is 1. The molecule has 0 rings (SSSR count). The van der Waals surface area contributed by atoms with Crippen LogP contribution < -0.4 is 0 Å². The Morgan fingerprint density at radius 2 is 1.63 bits per heavy atom. The van der Waals surface area contributed by atoms with Gasteiger partial charge in [0.15, 0.2) is 0 Å². The third-order valence-electron chi connectivity index (χ3n) is 1.62. The summed E-state index contributed by atoms with van der Waals surface area (Å²) in [6.45, 7) is 5.61. The van der Waals surface area contributed by atoms with Crippen molar-refractivity contribution in [2.24, 2.45) is 0 Å². The van der Waals surface area contributed by atoms with Crippen molar-refractivity contribution >= 4 is 5.97 Å². The van der Waals surface area contributed by atoms with E-state index >= 15 is 0 Å². The molecule has 0 aliphatic carbocycles. The lowest BCUT2D eigenvalue weighted by Crippen LogP contribution is -2.45. The van der Waals surface area contributed by atoms with Crippen LogP contribution in [0.3, 0.4) is 0 Å². The predicted molar refractivity (Wildman–Crippen MR) is 52.1 cm³/mol. The largest absolute Gasteiger partial charge is 0.439 e. The molecule has 0 aromatic carbocycles. The second kappa shape index (κ2) is 6.60. The molecule has 0 aromatic heterocycles. The molecule has 0 N–H and O–H groups in total. The van der Waals surface area contributed by atoms with E-state index in [0.717, 1.165) is 0 Å². The van der Waals surface area contributed by atoms with Gasteiger partial charge in [0.05, 0.1) is 18.8 Å². The lowest BCUT2D eigenvalue weighted by molar-refractivity contribution is -0.312. The molecule has 110 valence electrons. The lowest BCUT2D eigenvalue weighted by atomic mass is 10.3. The van der Waals surface area contributed by atoms with Gasteiger partial charge in [0, 0.05) is 0 Å². The lowest BCUT2D eigenvalue weighted by Gasteiger charge is -2.23. The van der Waals surface area contributed by atoms with E-state index in [1.54, 1.807) is 0 Å². The van der Waals surface area contributed by atoms with Crippen LogP contribution in [0.1, 0.15) is 0 Å². The van der Waals surface area contributed by atoms with Crippen molar-refractivity contribution in [2.45, 2.75) is 18.5 Å². The zero-order valence-electron chi connectivity index (χ0n) is 9.48. The third-order valence-corrected chi connectivity index (χ3v) is 1.62. The number of carbonyl (C=O) groups is 1. The van der Waals surface area contributed by atoms with Crippen molar-refractivity contribution < 1.29 is 40.6 Å². The second-order valence-corrected chi connectivity index (χ2v) is 3.28. The van der Waals surface area contributed by atoms with Crippen molar-refractivity contribution in [3.05, 3.63) is 24.8 Å². The number of esters is 1. The van der Waals surface area contributed by atoms with Crippen LogP contribution in [0.15, 0.2) is 24.8 Å². The average molecular weight is 292 g/mol. The Kier molecular flexibility index (Phi) is 6.07. The van der Waals surface area contributed by atoms with Gasteiger partial charge in [0.25, 0.3) is 6.10 Å². The first kappa shape index (κ1) is 17.5. The molecule has 0 atom stereocenters. The third kappa shape index (κ3) is 6.27. The first-order valence-corrected chi connectivity index (χ1v) is 4.71. The monoisotopic (exact) mass is 292 g/mol. The van der Waals surface area contributed by atoms with Crippen LogP contribution in [0.4, 0.5) is 26.3 Å². The summed E-state index contributed by atoms with van der Waals surface area (Å²) in [5.41, 5.74) is -0.666. The fourth-order valence-electron chi connectivity index (χ4n) is 0.834. The van der Waals surface area contributed by atoms with E-state index < -0.39 is 36.6 Å². The Morgan fingerprint density at radius 1 is 1.16 bits per heavy atom. The van der Waals surface area contributed by atoms with Crippen molar-refractivity contribution in [1.29, 1.82) is 0 Å². The second-order valence-electron chi connectivity index (χ2n) is 3.28. The minimum Gasteiger partial charge on any atom is -0.439 e. The van der Waals surface area contributed by atoms with Gasteiger partial charge < -0.3 is 9.47 Å². The minimum atomic E-state index is -5.75. The van der Waals surface area contributed by atoms with Crippen molar-refractivity contribution in [3.63, 3.8) is 0 Å². The predicted octanol–water partition coefficient (Wildman–Crippen LogP) is 2.78. The summed E-state index contributed by atoms with van der Waals surface area (Å²) >= 11 is 0. The van der Waals surface area contributed by atoms with Crippen molar-refractivity contribution in [3.8, 4) is 0 Å². The van der Waals surface area contributed by atoms with Crippen LogP contribution in [0, 0.1) is 0 Å². The Bertz CT molecular complexity index is 330. The molecule has 0 fully saturated rings. The molecule has 0 radical (unpaired) electrons. The van der Waals surface area contributed by atoms with Crippen LogP contribution in [0.5, 0.6) is 0 Å². The van der Waals surface area contributed by atoms with Crippen LogP contribution in [0.25, 0.3) is 0 Å². The highest BCUT2D eigenvalue weighted by molar-refractivity contribution is 5.88. The Morgan fingerprint density at radius 3 is 2.00 bits per heavy atom. The van der Waals surface area contributed by atoms with E-state index in [2.05, 4.69) is 22.6 Å². The number of rotatable bonds is 6. The van der Waals surface area contributed by atoms with Gasteiger partial charge in [-0.15, -0.1) is 6.58 Å². The van der Waals surface area contributed by atoms with Gasteiger partial charge in [0.2, 0.25) is 0 Å². The molecular formula is C10H10F6O3. The van der Waals surface area contributed by atoms with E-state index in [0.29, 0.717) is 0 Å². The maximum atomic E-state index is 12.1. The molecule has 0 aliphatic rings. The Labute approximate surface area is 104 Å². The summed E-state index contributed by atoms with van der Waals surface area (Å²) in [7, 11) is 0. The summed E-state index contributed by atoms with van der Waals surface area (Å²) in [6, 6.07) is 0. The van der Waals surface area contributed by atoms with Crippen LogP contribution in [0.2, 0.25) is 0 Å². The molecule has 19 heavy (non-hydrogen) atoms. The van der Waals surface area contributed by atoms with E-state index in [1.165, 1.54) is 6.08 Å². The van der Waals surface area contributed by atoms with Crippen LogP contribution in [-0.2, 0) is 14.3 Å². The zero-order chi connectivity index (χ0) is 15.3. The van der Waals surface area contributed by atoms with E-state index in [9.17, 15) is 31.1 Å². The number of halogens is 6. The topological polar surface area (TPSA) is 35.5 Å². The summed E-state index contributed by atoms with van der Waals surface area (Å²) < 4.78 is 80.5. The minimum absolute atomic E-state index is 0.0474. The summed E-state index contributed by atoms with van der Waals surface area (Å²) in [5.74, 6) is -1.83. The van der Waals surface area contributed by atoms with Gasteiger partial charge in [0.1, 0.15) is 0 Å². The first-order chi connectivity index (χ1) is 8.50. The van der Waals surface area contributed by atoms with Gasteiger partial charge in [-0.05, 0) is 0 Å². The molecule has 0 aliphatic heterocycles. The molecule has 0 heterocycles. The van der Waals surface area contributed by atoms with Gasteiger partial charge in [-0.1, -0.05) is 12.7 Å². The molecule has 0 unspecified atom stereocenters. The molecule has 0 saturated carbocycles. The number of ether oxygens (including phenoxy) is 2. The molecular weight excluding hydrogens is 282 g/mol. The van der Waals surface area contributed by atoms with Crippen LogP contribution >= 0.6 is 0 Å². The molecule has 0 aromatic rings. The molecule has 0 saturated heterocycles. The molecule has 3 nitrogen and oxygen atoms in total. The first-order valence-electron chi connectivity index (χ1n) is 4.71. The summed E-state index contributed by atoms with van der Waals surface area (Å²) in [6.07, 6.45) is -14.4. The molecule has 0 spiro atoms. The molecule has 0 amide bonds. The standard InChI is InChI=1S/C10H10F6O3/c1-3-4-18-5-6(2)7(17)19-8(9(11,12)13)10(14,15)16/h3,8H,1-2,4-5H2. The smallest absolute Gasteiger partial charge is 0.434 e. The zero-order valence-corrected chi connectivity index (χ0v) is 9.48. The highest BCUT2D eigenvalue weighted by Crippen LogP contribution is 2.36. The van der Waals surface area contributed by atoms with Gasteiger partial charge >= 0.3 is 18.3 Å². The van der Waals surface area contributed by atoms with Gasteiger partial charge in [-0.3, -0.25) is 0 Å². The highest BCUT2D eigenvalue weighted by atomic mass is 19.4. The van der Waals surface area contributed by atoms with E-state index in [1.807, 2.05) is 0 Å². The van der Waals surface area contributed by atoms with Crippen molar-refractivity contribution in [1.82, 2.24) is 0 Å². The fourth-order valence-corrected chi connectivity index (χ4v) is 0.834. The Hall–Kier alpha value is -1.51. The Balaban J connectivity index is 4.65. The molecule has 9 heteroatoms. The number of alkyl halides is 6. The van der Waals surface area contributed by atoms with Gasteiger partial charge in [-0.25, -0.2) is 4.79 Å². The number of hydrogen-bond acceptors (Lipinski definition) is 3. The molecule has 0 bridgehead atoms. The normalized spacial score (nSPS) is 12.4. The van der Waals surface area contributed by atoms with Crippen molar-refractivity contribution in [2.75, 3.05) is 13.2 Å².